The number of nitrogens with zero attached hydrogens (tertiary/aromatic N) is 1. The van der Waals surface area contributed by atoms with Gasteiger partial charge in [-0.15, -0.1) is 22.7 Å². The molecule has 90 valence electrons. The van der Waals surface area contributed by atoms with E-state index in [-0.39, 0.29) is 5.91 Å². The summed E-state index contributed by atoms with van der Waals surface area (Å²) in [5.41, 5.74) is 7.36. The third-order valence-electron chi connectivity index (χ3n) is 2.25. The number of carbonyl (C=O) groups excluding carboxylic acids is 1. The lowest BCUT2D eigenvalue weighted by Crippen LogP contribution is -2.21. The van der Waals surface area contributed by atoms with Crippen molar-refractivity contribution >= 4 is 34.3 Å². The van der Waals surface area contributed by atoms with Crippen molar-refractivity contribution in [3.63, 3.8) is 0 Å². The molecule has 0 saturated heterocycles. The predicted molar refractivity (Wildman–Crippen MR) is 71.5 cm³/mol. The van der Waals surface area contributed by atoms with Gasteiger partial charge in [0.1, 0.15) is 5.01 Å². The Morgan fingerprint density at radius 3 is 2.82 bits per heavy atom. The molecule has 2 aromatic rings. The van der Waals surface area contributed by atoms with Gasteiger partial charge in [0.15, 0.2) is 0 Å². The van der Waals surface area contributed by atoms with Gasteiger partial charge in [0, 0.05) is 21.6 Å². The monoisotopic (exact) mass is 267 g/mol. The molecule has 3 N–H and O–H groups in total. The standard InChI is InChI=1S/C11H13N3OS2/c1-6-5-16-10(14-6)4-13-11(15)9-3-8(12)7(2)17-9/h3,5H,4,12H2,1-2H3,(H,13,15). The SMILES string of the molecule is Cc1csc(CNC(=O)c2cc(N)c(C)s2)n1. The van der Waals surface area contributed by atoms with E-state index in [9.17, 15) is 4.79 Å². The second kappa shape index (κ2) is 4.85. The highest BCUT2D eigenvalue weighted by atomic mass is 32.1. The van der Waals surface area contributed by atoms with Gasteiger partial charge in [-0.25, -0.2) is 4.98 Å². The number of hydrogen-bond donors (Lipinski definition) is 2. The van der Waals surface area contributed by atoms with Gasteiger partial charge in [-0.1, -0.05) is 0 Å². The first kappa shape index (κ1) is 12.1. The van der Waals surface area contributed by atoms with E-state index in [0.717, 1.165) is 15.6 Å². The number of rotatable bonds is 3. The van der Waals surface area contributed by atoms with Crippen molar-refractivity contribution < 1.29 is 4.79 Å². The third kappa shape index (κ3) is 2.83. The van der Waals surface area contributed by atoms with Crippen LogP contribution in [0.2, 0.25) is 0 Å². The summed E-state index contributed by atoms with van der Waals surface area (Å²) in [6.07, 6.45) is 0. The summed E-state index contributed by atoms with van der Waals surface area (Å²) < 4.78 is 0. The first-order chi connectivity index (χ1) is 8.06. The van der Waals surface area contributed by atoms with Crippen LogP contribution in [0, 0.1) is 13.8 Å². The zero-order valence-electron chi connectivity index (χ0n) is 9.61. The van der Waals surface area contributed by atoms with E-state index in [1.807, 2.05) is 19.2 Å². The normalized spacial score (nSPS) is 10.5. The molecule has 2 aromatic heterocycles. The smallest absolute Gasteiger partial charge is 0.261 e. The maximum absolute atomic E-state index is 11.8. The fourth-order valence-electron chi connectivity index (χ4n) is 1.33. The number of hydrogen-bond acceptors (Lipinski definition) is 5. The average Bonchev–Trinajstić information content (AvgIpc) is 2.83. The Morgan fingerprint density at radius 2 is 2.29 bits per heavy atom. The number of nitrogens with two attached hydrogens (primary N) is 1. The lowest BCUT2D eigenvalue weighted by molar-refractivity contribution is 0.0955. The molecule has 6 heteroatoms. The van der Waals surface area contributed by atoms with Gasteiger partial charge in [-0.3, -0.25) is 4.79 Å². The second-order valence-electron chi connectivity index (χ2n) is 3.69. The number of anilines is 1. The number of thiazole rings is 1. The summed E-state index contributed by atoms with van der Waals surface area (Å²) in [7, 11) is 0. The lowest BCUT2D eigenvalue weighted by atomic mass is 10.3. The number of nitrogen functional groups attached to an aromatic ring is 1. The topological polar surface area (TPSA) is 68.0 Å². The van der Waals surface area contributed by atoms with Gasteiger partial charge in [0.25, 0.3) is 5.91 Å². The molecule has 0 aliphatic heterocycles. The Morgan fingerprint density at radius 1 is 1.53 bits per heavy atom. The Hall–Kier alpha value is -1.40. The number of nitrogens with one attached hydrogen (secondary N) is 1. The third-order valence-corrected chi connectivity index (χ3v) is 4.28. The molecule has 2 heterocycles. The van der Waals surface area contributed by atoms with E-state index in [4.69, 9.17) is 5.73 Å². The van der Waals surface area contributed by atoms with Crippen LogP contribution in [0.25, 0.3) is 0 Å². The van der Waals surface area contributed by atoms with E-state index in [1.165, 1.54) is 11.3 Å². The number of amides is 1. The van der Waals surface area contributed by atoms with Crippen molar-refractivity contribution in [1.82, 2.24) is 10.3 Å². The minimum atomic E-state index is -0.0948. The molecule has 0 aliphatic carbocycles. The lowest BCUT2D eigenvalue weighted by Gasteiger charge is -1.99. The molecule has 2 rings (SSSR count). The van der Waals surface area contributed by atoms with Crippen LogP contribution in [0.1, 0.15) is 25.3 Å². The Labute approximate surface area is 107 Å². The van der Waals surface area contributed by atoms with Gasteiger partial charge in [-0.2, -0.15) is 0 Å². The van der Waals surface area contributed by atoms with Gasteiger partial charge in [0.2, 0.25) is 0 Å². The van der Waals surface area contributed by atoms with E-state index < -0.39 is 0 Å². The fourth-order valence-corrected chi connectivity index (χ4v) is 2.90. The van der Waals surface area contributed by atoms with E-state index in [2.05, 4.69) is 10.3 Å². The van der Waals surface area contributed by atoms with Crippen molar-refractivity contribution in [3.8, 4) is 0 Å². The van der Waals surface area contributed by atoms with Crippen LogP contribution < -0.4 is 11.1 Å². The van der Waals surface area contributed by atoms with Gasteiger partial charge < -0.3 is 11.1 Å². The average molecular weight is 267 g/mol. The number of aryl methyl sites for hydroxylation is 2. The van der Waals surface area contributed by atoms with Gasteiger partial charge in [0.05, 0.1) is 11.4 Å². The quantitative estimate of drug-likeness (QED) is 0.897. The zero-order chi connectivity index (χ0) is 12.4. The van der Waals surface area contributed by atoms with Crippen LogP contribution in [-0.2, 0) is 6.54 Å². The van der Waals surface area contributed by atoms with Gasteiger partial charge in [-0.05, 0) is 19.9 Å². The summed E-state index contributed by atoms with van der Waals surface area (Å²) in [6, 6.07) is 1.71. The summed E-state index contributed by atoms with van der Waals surface area (Å²) in [6.45, 7) is 4.31. The predicted octanol–water partition coefficient (Wildman–Crippen LogP) is 2.33. The second-order valence-corrected chi connectivity index (χ2v) is 5.89. The summed E-state index contributed by atoms with van der Waals surface area (Å²) in [4.78, 5) is 17.7. The van der Waals surface area contributed by atoms with E-state index >= 15 is 0 Å². The molecule has 0 unspecified atom stereocenters. The first-order valence-corrected chi connectivity index (χ1v) is 6.81. The number of thiophene rings is 1. The molecule has 0 atom stereocenters. The first-order valence-electron chi connectivity index (χ1n) is 5.11. The van der Waals surface area contributed by atoms with Crippen molar-refractivity contribution in [1.29, 1.82) is 0 Å². The molecular formula is C11H13N3OS2. The molecular weight excluding hydrogens is 254 g/mol. The van der Waals surface area contributed by atoms with Crippen LogP contribution in [0.5, 0.6) is 0 Å². The molecule has 1 amide bonds. The van der Waals surface area contributed by atoms with Crippen LogP contribution in [-0.4, -0.2) is 10.9 Å². The maximum Gasteiger partial charge on any atom is 0.261 e. The van der Waals surface area contributed by atoms with Crippen molar-refractivity contribution in [2.24, 2.45) is 0 Å². The number of aromatic nitrogens is 1. The van der Waals surface area contributed by atoms with Gasteiger partial charge >= 0.3 is 0 Å². The van der Waals surface area contributed by atoms with E-state index in [1.54, 1.807) is 17.4 Å². The van der Waals surface area contributed by atoms with Crippen molar-refractivity contribution in [3.05, 3.63) is 31.9 Å². The highest BCUT2D eigenvalue weighted by molar-refractivity contribution is 7.14. The molecule has 0 saturated carbocycles. The molecule has 0 aromatic carbocycles. The van der Waals surface area contributed by atoms with Crippen LogP contribution in [0.3, 0.4) is 0 Å². The largest absolute Gasteiger partial charge is 0.398 e. The fraction of sp³-hybridized carbons (Fsp3) is 0.273. The molecule has 0 radical (unpaired) electrons. The maximum atomic E-state index is 11.8. The van der Waals surface area contributed by atoms with Crippen molar-refractivity contribution in [2.75, 3.05) is 5.73 Å². The molecule has 17 heavy (non-hydrogen) atoms. The summed E-state index contributed by atoms with van der Waals surface area (Å²) >= 11 is 2.96. The highest BCUT2D eigenvalue weighted by Crippen LogP contribution is 2.23. The Kier molecular flexibility index (Phi) is 3.44. The van der Waals surface area contributed by atoms with Crippen molar-refractivity contribution in [2.45, 2.75) is 20.4 Å². The molecule has 4 nitrogen and oxygen atoms in total. The van der Waals surface area contributed by atoms with Crippen LogP contribution >= 0.6 is 22.7 Å². The number of carbonyl (C=O) groups is 1. The van der Waals surface area contributed by atoms with Crippen LogP contribution in [0.4, 0.5) is 5.69 Å². The van der Waals surface area contributed by atoms with E-state index in [0.29, 0.717) is 17.1 Å². The molecule has 0 spiro atoms. The molecule has 0 aliphatic rings. The minimum Gasteiger partial charge on any atom is -0.398 e. The highest BCUT2D eigenvalue weighted by Gasteiger charge is 2.11. The summed E-state index contributed by atoms with van der Waals surface area (Å²) in [5, 5.41) is 5.71. The Balaban J connectivity index is 1.98. The molecule has 0 bridgehead atoms. The zero-order valence-corrected chi connectivity index (χ0v) is 11.2. The molecule has 0 fully saturated rings. The summed E-state index contributed by atoms with van der Waals surface area (Å²) in [5.74, 6) is -0.0948. The minimum absolute atomic E-state index is 0.0948. The Bertz CT molecular complexity index is 525. The van der Waals surface area contributed by atoms with Crippen LogP contribution in [0.15, 0.2) is 11.4 Å².